The predicted octanol–water partition coefficient (Wildman–Crippen LogP) is 4.33. The highest BCUT2D eigenvalue weighted by molar-refractivity contribution is 7.15. The summed E-state index contributed by atoms with van der Waals surface area (Å²) in [7, 11) is 0. The molecule has 4 heteroatoms. The van der Waals surface area contributed by atoms with Crippen LogP contribution in [0.2, 0.25) is 0 Å². The van der Waals surface area contributed by atoms with E-state index < -0.39 is 0 Å². The second kappa shape index (κ2) is 5.58. The molecule has 0 fully saturated rings. The van der Waals surface area contributed by atoms with Crippen LogP contribution in [0.25, 0.3) is 21.9 Å². The van der Waals surface area contributed by atoms with E-state index in [2.05, 4.69) is 12.1 Å². The van der Waals surface area contributed by atoms with Crippen molar-refractivity contribution in [1.29, 1.82) is 0 Å². The minimum absolute atomic E-state index is 0.325. The number of thiophene rings is 1. The Balaban J connectivity index is 2.13. The summed E-state index contributed by atoms with van der Waals surface area (Å²) in [5, 5.41) is 4.68. The van der Waals surface area contributed by atoms with Crippen LogP contribution in [0.1, 0.15) is 17.3 Å². The zero-order chi connectivity index (χ0) is 14.8. The molecule has 0 radical (unpaired) electrons. The van der Waals surface area contributed by atoms with E-state index in [-0.39, 0.29) is 5.97 Å². The molecule has 0 aliphatic heterocycles. The molecule has 1 heterocycles. The molecular weight excluding hydrogens is 282 g/mol. The zero-order valence-electron chi connectivity index (χ0n) is 11.6. The maximum atomic E-state index is 12.0. The van der Waals surface area contributed by atoms with E-state index >= 15 is 0 Å². The van der Waals surface area contributed by atoms with Gasteiger partial charge < -0.3 is 10.5 Å². The van der Waals surface area contributed by atoms with Gasteiger partial charge in [0, 0.05) is 10.9 Å². The number of rotatable bonds is 3. The number of hydrogen-bond donors (Lipinski definition) is 1. The van der Waals surface area contributed by atoms with Gasteiger partial charge in [0.2, 0.25) is 0 Å². The first-order valence-corrected chi connectivity index (χ1v) is 7.62. The van der Waals surface area contributed by atoms with Gasteiger partial charge in [0.1, 0.15) is 0 Å². The van der Waals surface area contributed by atoms with Crippen LogP contribution in [-0.2, 0) is 4.74 Å². The molecule has 21 heavy (non-hydrogen) atoms. The molecule has 0 saturated carbocycles. The van der Waals surface area contributed by atoms with Gasteiger partial charge in [0.05, 0.1) is 17.2 Å². The molecule has 2 N–H and O–H groups in total. The molecule has 106 valence electrons. The highest BCUT2D eigenvalue weighted by atomic mass is 32.1. The van der Waals surface area contributed by atoms with Gasteiger partial charge in [-0.1, -0.05) is 36.4 Å². The molecule has 0 unspecified atom stereocenters. The Hall–Kier alpha value is -2.33. The Bertz CT molecular complexity index is 807. The minimum Gasteiger partial charge on any atom is -0.462 e. The fourth-order valence-electron chi connectivity index (χ4n) is 2.37. The van der Waals surface area contributed by atoms with Crippen molar-refractivity contribution in [3.05, 3.63) is 53.4 Å². The van der Waals surface area contributed by atoms with Crippen LogP contribution in [0.4, 0.5) is 5.00 Å². The van der Waals surface area contributed by atoms with E-state index in [1.807, 2.05) is 30.3 Å². The van der Waals surface area contributed by atoms with Crippen LogP contribution in [-0.4, -0.2) is 12.6 Å². The number of carbonyl (C=O) groups excluding carboxylic acids is 1. The SMILES string of the molecule is CCOC(=O)c1csc(N)c1-c1ccc2ccccc2c1. The van der Waals surface area contributed by atoms with Crippen molar-refractivity contribution in [3.8, 4) is 11.1 Å². The van der Waals surface area contributed by atoms with Crippen molar-refractivity contribution in [2.45, 2.75) is 6.92 Å². The number of nitrogens with two attached hydrogens (primary N) is 1. The van der Waals surface area contributed by atoms with E-state index in [1.165, 1.54) is 11.3 Å². The lowest BCUT2D eigenvalue weighted by Gasteiger charge is -2.07. The Morgan fingerprint density at radius 2 is 1.95 bits per heavy atom. The quantitative estimate of drug-likeness (QED) is 0.732. The lowest BCUT2D eigenvalue weighted by molar-refractivity contribution is 0.0528. The molecule has 0 aliphatic rings. The molecule has 2 aromatic carbocycles. The normalized spacial score (nSPS) is 10.7. The van der Waals surface area contributed by atoms with Crippen molar-refractivity contribution in [1.82, 2.24) is 0 Å². The number of hydrogen-bond acceptors (Lipinski definition) is 4. The first kappa shape index (κ1) is 13.6. The first-order valence-electron chi connectivity index (χ1n) is 6.74. The largest absolute Gasteiger partial charge is 0.462 e. The van der Waals surface area contributed by atoms with E-state index in [0.29, 0.717) is 17.2 Å². The summed E-state index contributed by atoms with van der Waals surface area (Å²) in [5.41, 5.74) is 8.31. The fraction of sp³-hybridized carbons (Fsp3) is 0.118. The summed E-state index contributed by atoms with van der Waals surface area (Å²) in [6.45, 7) is 2.15. The lowest BCUT2D eigenvalue weighted by Crippen LogP contribution is -2.05. The molecule has 3 nitrogen and oxygen atoms in total. The predicted molar refractivity (Wildman–Crippen MR) is 87.6 cm³/mol. The molecule has 0 saturated heterocycles. The number of nitrogen functional groups attached to an aromatic ring is 1. The Morgan fingerprint density at radius 3 is 2.71 bits per heavy atom. The maximum absolute atomic E-state index is 12.0. The summed E-state index contributed by atoms with van der Waals surface area (Å²) in [6.07, 6.45) is 0. The van der Waals surface area contributed by atoms with E-state index in [4.69, 9.17) is 10.5 Å². The second-order valence-corrected chi connectivity index (χ2v) is 5.58. The third kappa shape index (κ3) is 2.50. The Kier molecular flexibility index (Phi) is 3.62. The fourth-order valence-corrected chi connectivity index (χ4v) is 3.18. The summed E-state index contributed by atoms with van der Waals surface area (Å²) >= 11 is 1.36. The maximum Gasteiger partial charge on any atom is 0.339 e. The number of anilines is 1. The zero-order valence-corrected chi connectivity index (χ0v) is 12.4. The van der Waals surface area contributed by atoms with Gasteiger partial charge in [-0.3, -0.25) is 0 Å². The van der Waals surface area contributed by atoms with Crippen molar-refractivity contribution in [3.63, 3.8) is 0 Å². The third-order valence-electron chi connectivity index (χ3n) is 3.35. The number of carbonyl (C=O) groups is 1. The van der Waals surface area contributed by atoms with Gasteiger partial charge in [-0.2, -0.15) is 0 Å². The standard InChI is InChI=1S/C17H15NO2S/c1-2-20-17(19)14-10-21-16(18)15(14)13-8-7-11-5-3-4-6-12(11)9-13/h3-10H,2,18H2,1H3. The van der Waals surface area contributed by atoms with Crippen molar-refractivity contribution >= 4 is 33.1 Å². The molecule has 0 spiro atoms. The van der Waals surface area contributed by atoms with Crippen LogP contribution in [0.3, 0.4) is 0 Å². The molecular formula is C17H15NO2S. The molecule has 3 rings (SSSR count). The van der Waals surface area contributed by atoms with Gasteiger partial charge in [-0.05, 0) is 29.3 Å². The molecule has 0 amide bonds. The highest BCUT2D eigenvalue weighted by Crippen LogP contribution is 2.36. The van der Waals surface area contributed by atoms with Crippen LogP contribution in [0.15, 0.2) is 47.8 Å². The number of fused-ring (bicyclic) bond motifs is 1. The Morgan fingerprint density at radius 1 is 1.19 bits per heavy atom. The number of benzene rings is 2. The summed E-state index contributed by atoms with van der Waals surface area (Å²) in [5.74, 6) is -0.325. The summed E-state index contributed by atoms with van der Waals surface area (Å²) in [6, 6.07) is 14.2. The lowest BCUT2D eigenvalue weighted by atomic mass is 10.00. The van der Waals surface area contributed by atoms with Gasteiger partial charge >= 0.3 is 5.97 Å². The first-order chi connectivity index (χ1) is 10.2. The van der Waals surface area contributed by atoms with Crippen LogP contribution in [0.5, 0.6) is 0 Å². The monoisotopic (exact) mass is 297 g/mol. The topological polar surface area (TPSA) is 52.3 Å². The summed E-state index contributed by atoms with van der Waals surface area (Å²) in [4.78, 5) is 12.0. The van der Waals surface area contributed by atoms with Crippen LogP contribution >= 0.6 is 11.3 Å². The number of ether oxygens (including phenoxy) is 1. The van der Waals surface area contributed by atoms with Gasteiger partial charge in [0.15, 0.2) is 0 Å². The number of esters is 1. The van der Waals surface area contributed by atoms with Gasteiger partial charge in [-0.15, -0.1) is 11.3 Å². The highest BCUT2D eigenvalue weighted by Gasteiger charge is 2.19. The van der Waals surface area contributed by atoms with Crippen molar-refractivity contribution in [2.24, 2.45) is 0 Å². The molecule has 3 aromatic rings. The summed E-state index contributed by atoms with van der Waals surface area (Å²) < 4.78 is 5.10. The van der Waals surface area contributed by atoms with E-state index in [9.17, 15) is 4.79 Å². The van der Waals surface area contributed by atoms with Gasteiger partial charge in [0.25, 0.3) is 0 Å². The van der Waals surface area contributed by atoms with Crippen LogP contribution < -0.4 is 5.73 Å². The molecule has 0 bridgehead atoms. The molecule has 1 aromatic heterocycles. The molecule has 0 atom stereocenters. The van der Waals surface area contributed by atoms with Crippen LogP contribution in [0, 0.1) is 0 Å². The van der Waals surface area contributed by atoms with E-state index in [0.717, 1.165) is 21.9 Å². The van der Waals surface area contributed by atoms with Gasteiger partial charge in [-0.25, -0.2) is 4.79 Å². The Labute approximate surface area is 127 Å². The smallest absolute Gasteiger partial charge is 0.339 e. The van der Waals surface area contributed by atoms with Crippen molar-refractivity contribution < 1.29 is 9.53 Å². The molecule has 0 aliphatic carbocycles. The van der Waals surface area contributed by atoms with E-state index in [1.54, 1.807) is 12.3 Å². The average molecular weight is 297 g/mol. The van der Waals surface area contributed by atoms with Crippen molar-refractivity contribution in [2.75, 3.05) is 12.3 Å². The minimum atomic E-state index is -0.325. The second-order valence-electron chi connectivity index (χ2n) is 4.67. The third-order valence-corrected chi connectivity index (χ3v) is 4.16. The average Bonchev–Trinajstić information content (AvgIpc) is 2.89.